The number of benzene rings is 1. The highest BCUT2D eigenvalue weighted by molar-refractivity contribution is 5.92. The van der Waals surface area contributed by atoms with E-state index >= 15 is 0 Å². The number of nitrogens with one attached hydrogen (secondary N) is 2. The summed E-state index contributed by atoms with van der Waals surface area (Å²) < 4.78 is 5.82. The van der Waals surface area contributed by atoms with Gasteiger partial charge < -0.3 is 15.1 Å². The molecular weight excluding hydrogens is 314 g/mol. The third-order valence-corrected chi connectivity index (χ3v) is 5.76. The Balaban J connectivity index is 1.47. The van der Waals surface area contributed by atoms with Crippen LogP contribution in [0.25, 0.3) is 11.3 Å². The van der Waals surface area contributed by atoms with Crippen molar-refractivity contribution in [3.63, 3.8) is 0 Å². The first kappa shape index (κ1) is 16.2. The summed E-state index contributed by atoms with van der Waals surface area (Å²) in [7, 11) is 1.89. The number of furan rings is 1. The molecule has 1 aromatic carbocycles. The quantitative estimate of drug-likeness (QED) is 0.898. The highest BCUT2D eigenvalue weighted by Crippen LogP contribution is 2.32. The van der Waals surface area contributed by atoms with Gasteiger partial charge in [0.2, 0.25) is 0 Å². The summed E-state index contributed by atoms with van der Waals surface area (Å²) in [6, 6.07) is 12.2. The van der Waals surface area contributed by atoms with Crippen molar-refractivity contribution in [3.8, 4) is 11.3 Å². The van der Waals surface area contributed by atoms with E-state index in [1.165, 1.54) is 12.8 Å². The van der Waals surface area contributed by atoms with E-state index in [0.717, 1.165) is 30.1 Å². The number of nitrogens with zero attached hydrogens (tertiary/aromatic N) is 1. The van der Waals surface area contributed by atoms with Crippen LogP contribution < -0.4 is 10.6 Å². The largest absolute Gasteiger partial charge is 0.451 e. The SMILES string of the molecule is CNc1ccc(-c2ccc(C(=O)N[C@@H]3C4CCN(CC4)[C@@H]3C)o2)cc1. The van der Waals surface area contributed by atoms with Crippen LogP contribution in [-0.2, 0) is 0 Å². The van der Waals surface area contributed by atoms with E-state index < -0.39 is 0 Å². The fraction of sp³-hybridized carbons (Fsp3) is 0.450. The number of piperidine rings is 3. The number of carbonyl (C=O) groups is 1. The predicted octanol–water partition coefficient (Wildman–Crippen LogP) is 3.20. The predicted molar refractivity (Wildman–Crippen MR) is 98.7 cm³/mol. The minimum absolute atomic E-state index is 0.108. The molecule has 0 aliphatic carbocycles. The first-order chi connectivity index (χ1) is 12.2. The zero-order valence-electron chi connectivity index (χ0n) is 14.8. The number of carbonyl (C=O) groups excluding carboxylic acids is 1. The molecule has 1 aromatic heterocycles. The van der Waals surface area contributed by atoms with Gasteiger partial charge in [-0.05, 0) is 75.2 Å². The molecule has 1 amide bonds. The van der Waals surface area contributed by atoms with Gasteiger partial charge in [-0.25, -0.2) is 0 Å². The molecule has 3 fully saturated rings. The summed E-state index contributed by atoms with van der Waals surface area (Å²) in [6.07, 6.45) is 2.35. The first-order valence-electron chi connectivity index (χ1n) is 9.08. The molecule has 25 heavy (non-hydrogen) atoms. The van der Waals surface area contributed by atoms with Crippen LogP contribution in [0.3, 0.4) is 0 Å². The molecule has 5 rings (SSSR count). The highest BCUT2D eigenvalue weighted by Gasteiger charge is 2.40. The van der Waals surface area contributed by atoms with Gasteiger partial charge in [-0.3, -0.25) is 9.69 Å². The second-order valence-corrected chi connectivity index (χ2v) is 7.10. The summed E-state index contributed by atoms with van der Waals surface area (Å²) in [5.41, 5.74) is 2.01. The molecule has 0 spiro atoms. The maximum atomic E-state index is 12.6. The van der Waals surface area contributed by atoms with E-state index in [9.17, 15) is 4.79 Å². The second kappa shape index (κ2) is 6.56. The zero-order chi connectivity index (χ0) is 17.4. The van der Waals surface area contributed by atoms with E-state index in [1.54, 1.807) is 6.07 Å². The molecular formula is C20H25N3O2. The summed E-state index contributed by atoms with van der Waals surface area (Å²) in [5, 5.41) is 6.31. The van der Waals surface area contributed by atoms with E-state index in [1.807, 2.05) is 37.4 Å². The van der Waals surface area contributed by atoms with Crippen molar-refractivity contribution in [2.45, 2.75) is 31.8 Å². The molecule has 0 radical (unpaired) electrons. The fourth-order valence-electron chi connectivity index (χ4n) is 4.18. The lowest BCUT2D eigenvalue weighted by Gasteiger charge is -2.49. The van der Waals surface area contributed by atoms with Gasteiger partial charge in [-0.2, -0.15) is 0 Å². The number of fused-ring (bicyclic) bond motifs is 3. The Labute approximate surface area is 148 Å². The molecule has 2 atom stereocenters. The minimum Gasteiger partial charge on any atom is -0.451 e. The Morgan fingerprint density at radius 1 is 1.12 bits per heavy atom. The van der Waals surface area contributed by atoms with Crippen LogP contribution in [0, 0.1) is 5.92 Å². The van der Waals surface area contributed by atoms with E-state index in [4.69, 9.17) is 4.42 Å². The van der Waals surface area contributed by atoms with Crippen LogP contribution in [0.1, 0.15) is 30.3 Å². The number of hydrogen-bond donors (Lipinski definition) is 2. The molecule has 0 saturated carbocycles. The van der Waals surface area contributed by atoms with Gasteiger partial charge in [0.15, 0.2) is 5.76 Å². The standard InChI is InChI=1S/C20H25N3O2/c1-13-19(15-9-11-23(13)12-10-15)22-20(24)18-8-7-17(25-18)14-3-5-16(21-2)6-4-14/h3-8,13,15,19,21H,9-12H2,1-2H3,(H,22,24)/t13-,19+/m1/s1. The van der Waals surface area contributed by atoms with E-state index in [0.29, 0.717) is 17.7 Å². The van der Waals surface area contributed by atoms with Gasteiger partial charge in [-0.1, -0.05) is 0 Å². The van der Waals surface area contributed by atoms with Crippen LogP contribution in [-0.4, -0.2) is 43.0 Å². The molecule has 4 heterocycles. The van der Waals surface area contributed by atoms with E-state index in [2.05, 4.69) is 22.5 Å². The molecule has 0 unspecified atom stereocenters. The normalized spacial score (nSPS) is 27.9. The summed E-state index contributed by atoms with van der Waals surface area (Å²) in [4.78, 5) is 15.1. The lowest BCUT2D eigenvalue weighted by Crippen LogP contribution is -2.62. The van der Waals surface area contributed by atoms with Crippen molar-refractivity contribution in [1.82, 2.24) is 10.2 Å². The van der Waals surface area contributed by atoms with Gasteiger partial charge in [-0.15, -0.1) is 0 Å². The Morgan fingerprint density at radius 2 is 1.84 bits per heavy atom. The van der Waals surface area contributed by atoms with Gasteiger partial charge in [0.05, 0.1) is 0 Å². The van der Waals surface area contributed by atoms with Crippen molar-refractivity contribution < 1.29 is 9.21 Å². The fourth-order valence-corrected chi connectivity index (χ4v) is 4.18. The van der Waals surface area contributed by atoms with Crippen molar-refractivity contribution in [1.29, 1.82) is 0 Å². The van der Waals surface area contributed by atoms with Crippen molar-refractivity contribution in [2.24, 2.45) is 5.92 Å². The number of rotatable bonds is 4. The van der Waals surface area contributed by atoms with Crippen LogP contribution in [0.5, 0.6) is 0 Å². The van der Waals surface area contributed by atoms with Gasteiger partial charge in [0, 0.05) is 30.4 Å². The molecule has 132 valence electrons. The van der Waals surface area contributed by atoms with Gasteiger partial charge in [0.1, 0.15) is 5.76 Å². The third-order valence-electron chi connectivity index (χ3n) is 5.76. The second-order valence-electron chi connectivity index (χ2n) is 7.10. The Hall–Kier alpha value is -2.27. The highest BCUT2D eigenvalue weighted by atomic mass is 16.3. The van der Waals surface area contributed by atoms with Crippen LogP contribution in [0.2, 0.25) is 0 Å². The Morgan fingerprint density at radius 3 is 2.48 bits per heavy atom. The van der Waals surface area contributed by atoms with Gasteiger partial charge in [0.25, 0.3) is 5.91 Å². The van der Waals surface area contributed by atoms with Crippen molar-refractivity contribution >= 4 is 11.6 Å². The summed E-state index contributed by atoms with van der Waals surface area (Å²) in [6.45, 7) is 4.53. The monoisotopic (exact) mass is 339 g/mol. The Kier molecular flexibility index (Phi) is 4.25. The molecule has 3 saturated heterocycles. The third kappa shape index (κ3) is 3.04. The smallest absolute Gasteiger partial charge is 0.287 e. The molecule has 3 aliphatic rings. The summed E-state index contributed by atoms with van der Waals surface area (Å²) >= 11 is 0. The molecule has 5 heteroatoms. The van der Waals surface area contributed by atoms with Crippen LogP contribution in [0.4, 0.5) is 5.69 Å². The van der Waals surface area contributed by atoms with Crippen molar-refractivity contribution in [2.75, 3.05) is 25.5 Å². The molecule has 5 nitrogen and oxygen atoms in total. The Bertz CT molecular complexity index is 743. The molecule has 3 aliphatic heterocycles. The lowest BCUT2D eigenvalue weighted by molar-refractivity contribution is 0.0211. The minimum atomic E-state index is -0.108. The number of anilines is 1. The maximum Gasteiger partial charge on any atom is 0.287 e. The topological polar surface area (TPSA) is 57.5 Å². The molecule has 2 bridgehead atoms. The van der Waals surface area contributed by atoms with Gasteiger partial charge >= 0.3 is 0 Å². The number of hydrogen-bond acceptors (Lipinski definition) is 4. The zero-order valence-corrected chi connectivity index (χ0v) is 14.8. The van der Waals surface area contributed by atoms with E-state index in [-0.39, 0.29) is 11.9 Å². The molecule has 2 aromatic rings. The lowest BCUT2D eigenvalue weighted by atomic mass is 9.79. The average molecular weight is 339 g/mol. The first-order valence-corrected chi connectivity index (χ1v) is 9.08. The van der Waals surface area contributed by atoms with Crippen molar-refractivity contribution in [3.05, 3.63) is 42.2 Å². The van der Waals surface area contributed by atoms with Crippen LogP contribution >= 0.6 is 0 Å². The number of amides is 1. The summed E-state index contributed by atoms with van der Waals surface area (Å²) in [5.74, 6) is 1.59. The maximum absolute atomic E-state index is 12.6. The average Bonchev–Trinajstić information content (AvgIpc) is 3.15. The van der Waals surface area contributed by atoms with Crippen LogP contribution in [0.15, 0.2) is 40.8 Å². The molecule has 2 N–H and O–H groups in total.